The minimum absolute atomic E-state index is 0.122. The maximum absolute atomic E-state index is 11.3. The minimum Gasteiger partial charge on any atom is -0.426 e. The zero-order chi connectivity index (χ0) is 14.2. The summed E-state index contributed by atoms with van der Waals surface area (Å²) in [5.41, 5.74) is 0. The van der Waals surface area contributed by atoms with Crippen LogP contribution in [0.5, 0.6) is 0 Å². The number of carbonyl (C=O) groups excluding carboxylic acids is 2. The van der Waals surface area contributed by atoms with Gasteiger partial charge in [-0.2, -0.15) is 0 Å². The number of hydrogen-bond acceptors (Lipinski definition) is 7. The molecule has 19 heavy (non-hydrogen) atoms. The first-order valence-corrected chi connectivity index (χ1v) is 6.51. The lowest BCUT2D eigenvalue weighted by Gasteiger charge is -2.14. The lowest BCUT2D eigenvalue weighted by Crippen LogP contribution is -2.15. The van der Waals surface area contributed by atoms with Crippen LogP contribution in [0.2, 0.25) is 0 Å². The van der Waals surface area contributed by atoms with Gasteiger partial charge in [-0.15, -0.1) is 0 Å². The van der Waals surface area contributed by atoms with Crippen LogP contribution in [-0.2, 0) is 28.5 Å². The fourth-order valence-corrected chi connectivity index (χ4v) is 2.99. The fourth-order valence-electron chi connectivity index (χ4n) is 1.43. The molecule has 2 rings (SSSR count). The molecule has 0 spiro atoms. The van der Waals surface area contributed by atoms with Crippen molar-refractivity contribution in [2.75, 3.05) is 14.2 Å². The molecule has 2 atom stereocenters. The van der Waals surface area contributed by atoms with Gasteiger partial charge in [-0.05, 0) is 0 Å². The maximum Gasteiger partial charge on any atom is 0.353 e. The monoisotopic (exact) mass is 326 g/mol. The van der Waals surface area contributed by atoms with Crippen molar-refractivity contribution in [1.82, 2.24) is 0 Å². The van der Waals surface area contributed by atoms with E-state index in [9.17, 15) is 9.59 Å². The van der Waals surface area contributed by atoms with E-state index in [1.165, 1.54) is 14.2 Å². The molecule has 0 aromatic carbocycles. The van der Waals surface area contributed by atoms with Crippen molar-refractivity contribution in [3.63, 3.8) is 0 Å². The molecule has 6 nitrogen and oxygen atoms in total. The summed E-state index contributed by atoms with van der Waals surface area (Å²) in [6.45, 7) is 0. The number of cyclic esters (lactones) is 2. The van der Waals surface area contributed by atoms with Crippen LogP contribution in [0.25, 0.3) is 0 Å². The summed E-state index contributed by atoms with van der Waals surface area (Å²) >= 11 is 12.6. The van der Waals surface area contributed by atoms with E-state index in [0.717, 1.165) is 11.8 Å². The third-order valence-electron chi connectivity index (χ3n) is 2.30. The van der Waals surface area contributed by atoms with Crippen LogP contribution in [-0.4, -0.2) is 38.7 Å². The Morgan fingerprint density at radius 3 is 1.63 bits per heavy atom. The Balaban J connectivity index is 2.29. The summed E-state index contributed by atoms with van der Waals surface area (Å²) in [5.74, 6) is -1.40. The summed E-state index contributed by atoms with van der Waals surface area (Å²) < 4.78 is 19.6. The molecule has 0 aromatic rings. The van der Waals surface area contributed by atoms with Gasteiger partial charge >= 0.3 is 11.9 Å². The van der Waals surface area contributed by atoms with Crippen molar-refractivity contribution in [2.24, 2.45) is 0 Å². The average Bonchev–Trinajstić information content (AvgIpc) is 2.83. The lowest BCUT2D eigenvalue weighted by molar-refractivity contribution is -0.155. The van der Waals surface area contributed by atoms with Crippen LogP contribution in [0.15, 0.2) is 19.9 Å². The van der Waals surface area contributed by atoms with Gasteiger partial charge in [0.2, 0.25) is 12.6 Å². The highest BCUT2D eigenvalue weighted by molar-refractivity contribution is 8.07. The van der Waals surface area contributed by atoms with E-state index in [4.69, 9.17) is 42.1 Å². The molecule has 9 heteroatoms. The lowest BCUT2D eigenvalue weighted by atomic mass is 10.5. The largest absolute Gasteiger partial charge is 0.426 e. The van der Waals surface area contributed by atoms with Gasteiger partial charge in [0.1, 0.15) is 10.1 Å². The standard InChI is InChI=1S/C10H8Cl2O6S/c1-15-9-5(3(11)7(13)17-9)19-6-4(12)8(14)18-10(6)16-2/h9-10H,1-2H3. The molecule has 0 bridgehead atoms. The summed E-state index contributed by atoms with van der Waals surface area (Å²) in [6.07, 6.45) is -1.87. The number of methoxy groups -OCH3 is 2. The first-order valence-electron chi connectivity index (χ1n) is 4.94. The Morgan fingerprint density at radius 2 is 1.32 bits per heavy atom. The van der Waals surface area contributed by atoms with Gasteiger partial charge in [0, 0.05) is 14.2 Å². The zero-order valence-corrected chi connectivity index (χ0v) is 12.1. The molecule has 2 aliphatic heterocycles. The second-order valence-corrected chi connectivity index (χ2v) is 5.24. The average molecular weight is 327 g/mol. The van der Waals surface area contributed by atoms with Crippen molar-refractivity contribution < 1.29 is 28.5 Å². The Labute approximate surface area is 122 Å². The Kier molecular flexibility index (Phi) is 4.42. The van der Waals surface area contributed by atoms with Crippen LogP contribution in [0, 0.1) is 0 Å². The molecular formula is C10H8Cl2O6S. The Bertz CT molecular complexity index is 456. The van der Waals surface area contributed by atoms with E-state index in [1.54, 1.807) is 0 Å². The van der Waals surface area contributed by atoms with Crippen molar-refractivity contribution in [1.29, 1.82) is 0 Å². The topological polar surface area (TPSA) is 71.1 Å². The van der Waals surface area contributed by atoms with Gasteiger partial charge in [0.05, 0.1) is 9.81 Å². The van der Waals surface area contributed by atoms with Crippen LogP contribution in [0.1, 0.15) is 0 Å². The molecule has 0 radical (unpaired) electrons. The maximum atomic E-state index is 11.3. The van der Waals surface area contributed by atoms with E-state index in [-0.39, 0.29) is 10.1 Å². The first-order chi connectivity index (χ1) is 8.99. The molecule has 0 saturated heterocycles. The van der Waals surface area contributed by atoms with E-state index >= 15 is 0 Å². The zero-order valence-electron chi connectivity index (χ0n) is 9.77. The van der Waals surface area contributed by atoms with E-state index < -0.39 is 24.5 Å². The number of ether oxygens (including phenoxy) is 4. The second kappa shape index (κ2) is 5.72. The molecule has 0 amide bonds. The molecule has 0 aromatic heterocycles. The van der Waals surface area contributed by atoms with E-state index in [1.807, 2.05) is 0 Å². The van der Waals surface area contributed by atoms with Gasteiger partial charge in [-0.1, -0.05) is 35.0 Å². The van der Waals surface area contributed by atoms with Crippen LogP contribution in [0.3, 0.4) is 0 Å². The summed E-state index contributed by atoms with van der Waals surface area (Å²) in [7, 11) is 2.71. The normalized spacial score (nSPS) is 27.2. The molecule has 0 fully saturated rings. The van der Waals surface area contributed by atoms with Gasteiger partial charge in [0.25, 0.3) is 0 Å². The number of rotatable bonds is 4. The SMILES string of the molecule is COC1OC(=O)C(Cl)=C1SC1=C(Cl)C(=O)OC1OC. The number of carbonyl (C=O) groups is 2. The molecule has 104 valence electrons. The smallest absolute Gasteiger partial charge is 0.353 e. The van der Waals surface area contributed by atoms with Crippen LogP contribution >= 0.6 is 35.0 Å². The van der Waals surface area contributed by atoms with Crippen molar-refractivity contribution in [2.45, 2.75) is 12.6 Å². The van der Waals surface area contributed by atoms with E-state index in [2.05, 4.69) is 0 Å². The second-order valence-electron chi connectivity index (χ2n) is 3.40. The molecule has 0 aliphatic carbocycles. The number of thioether (sulfide) groups is 1. The van der Waals surface area contributed by atoms with Gasteiger partial charge in [-0.3, -0.25) is 0 Å². The quantitative estimate of drug-likeness (QED) is 0.728. The Hall–Kier alpha value is -0.730. The summed E-state index contributed by atoms with van der Waals surface area (Å²) in [6, 6.07) is 0. The minimum atomic E-state index is -0.935. The van der Waals surface area contributed by atoms with Gasteiger partial charge < -0.3 is 18.9 Å². The molecule has 0 saturated carbocycles. The number of hydrogen-bond donors (Lipinski definition) is 0. The number of halogens is 2. The van der Waals surface area contributed by atoms with Crippen molar-refractivity contribution in [3.8, 4) is 0 Å². The molecule has 2 unspecified atom stereocenters. The highest BCUT2D eigenvalue weighted by atomic mass is 35.5. The van der Waals surface area contributed by atoms with Gasteiger partial charge in [-0.25, -0.2) is 9.59 Å². The highest BCUT2D eigenvalue weighted by Crippen LogP contribution is 2.44. The van der Waals surface area contributed by atoms with Gasteiger partial charge in [0.15, 0.2) is 0 Å². The van der Waals surface area contributed by atoms with Crippen LogP contribution < -0.4 is 0 Å². The summed E-state index contributed by atoms with van der Waals surface area (Å²) in [4.78, 5) is 23.3. The molecule has 2 aliphatic rings. The van der Waals surface area contributed by atoms with Crippen LogP contribution in [0.4, 0.5) is 0 Å². The van der Waals surface area contributed by atoms with E-state index in [0.29, 0.717) is 9.81 Å². The predicted molar refractivity (Wildman–Crippen MR) is 67.1 cm³/mol. The fraction of sp³-hybridized carbons (Fsp3) is 0.400. The number of esters is 2. The highest BCUT2D eigenvalue weighted by Gasteiger charge is 2.40. The third kappa shape index (κ3) is 2.61. The molecule has 0 N–H and O–H groups in total. The molecule has 2 heterocycles. The predicted octanol–water partition coefficient (Wildman–Crippen LogP) is 1.68. The van der Waals surface area contributed by atoms with Crippen molar-refractivity contribution in [3.05, 3.63) is 19.9 Å². The Morgan fingerprint density at radius 1 is 0.947 bits per heavy atom. The molecular weight excluding hydrogens is 319 g/mol. The first kappa shape index (κ1) is 14.7. The van der Waals surface area contributed by atoms with Crippen molar-refractivity contribution >= 4 is 46.9 Å². The third-order valence-corrected chi connectivity index (χ3v) is 4.47. The summed E-state index contributed by atoms with van der Waals surface area (Å²) in [5, 5.41) is -0.244.